The van der Waals surface area contributed by atoms with Crippen molar-refractivity contribution in [2.45, 2.75) is 51.4 Å². The molecule has 0 radical (unpaired) electrons. The van der Waals surface area contributed by atoms with Crippen LogP contribution in [0.25, 0.3) is 0 Å². The fourth-order valence-corrected chi connectivity index (χ4v) is 2.65. The molecule has 1 fully saturated rings. The molecule has 0 aliphatic heterocycles. The quantitative estimate of drug-likeness (QED) is 0.787. The van der Waals surface area contributed by atoms with Gasteiger partial charge in [-0.2, -0.15) is 0 Å². The number of anilines is 1. The van der Waals surface area contributed by atoms with Gasteiger partial charge in [0.05, 0.1) is 5.69 Å². The van der Waals surface area contributed by atoms with Crippen molar-refractivity contribution in [3.8, 4) is 0 Å². The molecule has 1 aliphatic carbocycles. The van der Waals surface area contributed by atoms with Gasteiger partial charge in [0.2, 0.25) is 5.88 Å². The third kappa shape index (κ3) is 1.22. The summed E-state index contributed by atoms with van der Waals surface area (Å²) >= 11 is 0. The highest BCUT2D eigenvalue weighted by Gasteiger charge is 2.38. The van der Waals surface area contributed by atoms with Crippen LogP contribution in [-0.4, -0.2) is 5.16 Å². The van der Waals surface area contributed by atoms with Crippen molar-refractivity contribution in [3.63, 3.8) is 0 Å². The molecule has 1 aliphatic rings. The largest absolute Gasteiger partial charge is 0.367 e. The maximum Gasteiger partial charge on any atom is 0.225 e. The fourth-order valence-electron chi connectivity index (χ4n) is 2.65. The van der Waals surface area contributed by atoms with Gasteiger partial charge in [-0.25, -0.2) is 0 Å². The van der Waals surface area contributed by atoms with E-state index < -0.39 is 0 Å². The Morgan fingerprint density at radius 2 is 2.07 bits per heavy atom. The van der Waals surface area contributed by atoms with Crippen LogP contribution in [0, 0.1) is 6.92 Å². The van der Waals surface area contributed by atoms with Crippen molar-refractivity contribution in [1.82, 2.24) is 5.16 Å². The summed E-state index contributed by atoms with van der Waals surface area (Å²) in [5.74, 6) is 0.486. The molecule has 1 saturated carbocycles. The number of rotatable bonds is 2. The summed E-state index contributed by atoms with van der Waals surface area (Å²) in [4.78, 5) is 0. The van der Waals surface area contributed by atoms with Crippen LogP contribution in [0.2, 0.25) is 0 Å². The maximum atomic E-state index is 5.69. The van der Waals surface area contributed by atoms with Crippen LogP contribution in [0.4, 0.5) is 5.88 Å². The van der Waals surface area contributed by atoms with Gasteiger partial charge in [-0.1, -0.05) is 24.9 Å². The van der Waals surface area contributed by atoms with E-state index in [9.17, 15) is 0 Å². The van der Waals surface area contributed by atoms with Gasteiger partial charge in [0.1, 0.15) is 0 Å². The van der Waals surface area contributed by atoms with Gasteiger partial charge in [0.25, 0.3) is 0 Å². The van der Waals surface area contributed by atoms with E-state index in [-0.39, 0.29) is 5.41 Å². The lowest BCUT2D eigenvalue weighted by atomic mass is 9.78. The molecule has 1 heterocycles. The van der Waals surface area contributed by atoms with Crippen molar-refractivity contribution in [3.05, 3.63) is 11.3 Å². The molecule has 0 atom stereocenters. The topological polar surface area (TPSA) is 52.0 Å². The van der Waals surface area contributed by atoms with Gasteiger partial charge in [0, 0.05) is 11.0 Å². The van der Waals surface area contributed by atoms with Gasteiger partial charge in [-0.15, -0.1) is 0 Å². The van der Waals surface area contributed by atoms with E-state index in [4.69, 9.17) is 10.3 Å². The molecular formula is C11H18N2O. The van der Waals surface area contributed by atoms with Gasteiger partial charge in [0.15, 0.2) is 0 Å². The van der Waals surface area contributed by atoms with Crippen LogP contribution in [0.1, 0.15) is 50.3 Å². The molecule has 3 nitrogen and oxygen atoms in total. The highest BCUT2D eigenvalue weighted by molar-refractivity contribution is 5.41. The van der Waals surface area contributed by atoms with Crippen LogP contribution in [0.3, 0.4) is 0 Å². The van der Waals surface area contributed by atoms with Crippen LogP contribution < -0.4 is 5.73 Å². The van der Waals surface area contributed by atoms with Crippen molar-refractivity contribution in [1.29, 1.82) is 0 Å². The Kier molecular flexibility index (Phi) is 2.25. The van der Waals surface area contributed by atoms with E-state index in [1.54, 1.807) is 0 Å². The number of hydrogen-bond donors (Lipinski definition) is 1. The van der Waals surface area contributed by atoms with E-state index in [1.165, 1.54) is 25.7 Å². The van der Waals surface area contributed by atoms with Gasteiger partial charge < -0.3 is 10.3 Å². The second kappa shape index (κ2) is 3.30. The highest BCUT2D eigenvalue weighted by Crippen LogP contribution is 2.44. The Labute approximate surface area is 84.7 Å². The lowest BCUT2D eigenvalue weighted by molar-refractivity contribution is 0.360. The van der Waals surface area contributed by atoms with E-state index in [0.717, 1.165) is 17.7 Å². The van der Waals surface area contributed by atoms with Gasteiger partial charge in [-0.05, 0) is 26.2 Å². The highest BCUT2D eigenvalue weighted by atomic mass is 16.5. The standard InChI is InChI=1S/C11H18N2O/c1-3-11(6-4-5-7-11)9-8(2)10(12)14-13-9/h3-7,12H2,1-2H3. The lowest BCUT2D eigenvalue weighted by Crippen LogP contribution is -2.22. The second-order valence-electron chi connectivity index (χ2n) is 4.36. The zero-order chi connectivity index (χ0) is 10.2. The first-order valence-corrected chi connectivity index (χ1v) is 5.42. The summed E-state index contributed by atoms with van der Waals surface area (Å²) in [6.07, 6.45) is 6.21. The van der Waals surface area contributed by atoms with Crippen molar-refractivity contribution < 1.29 is 4.52 Å². The summed E-state index contributed by atoms with van der Waals surface area (Å²) in [5.41, 5.74) is 8.10. The molecule has 78 valence electrons. The molecule has 0 spiro atoms. The van der Waals surface area contributed by atoms with Crippen LogP contribution in [-0.2, 0) is 5.41 Å². The summed E-state index contributed by atoms with van der Waals surface area (Å²) in [5, 5.41) is 4.14. The zero-order valence-corrected chi connectivity index (χ0v) is 8.97. The average molecular weight is 194 g/mol. The van der Waals surface area contributed by atoms with Crippen LogP contribution in [0.15, 0.2) is 4.52 Å². The Bertz CT molecular complexity index is 324. The summed E-state index contributed by atoms with van der Waals surface area (Å²) < 4.78 is 5.06. The number of hydrogen-bond acceptors (Lipinski definition) is 3. The number of nitrogens with two attached hydrogens (primary N) is 1. The molecule has 1 aromatic heterocycles. The first-order valence-electron chi connectivity index (χ1n) is 5.42. The molecule has 2 N–H and O–H groups in total. The summed E-state index contributed by atoms with van der Waals surface area (Å²) in [6, 6.07) is 0. The molecule has 2 rings (SSSR count). The third-order valence-electron chi connectivity index (χ3n) is 3.70. The number of nitrogen functional groups attached to an aromatic ring is 1. The molecule has 0 saturated heterocycles. The molecule has 14 heavy (non-hydrogen) atoms. The number of aromatic nitrogens is 1. The monoisotopic (exact) mass is 194 g/mol. The zero-order valence-electron chi connectivity index (χ0n) is 8.97. The van der Waals surface area contributed by atoms with Crippen LogP contribution in [0.5, 0.6) is 0 Å². The van der Waals surface area contributed by atoms with Crippen molar-refractivity contribution in [2.24, 2.45) is 0 Å². The van der Waals surface area contributed by atoms with Gasteiger partial charge >= 0.3 is 0 Å². The Hall–Kier alpha value is -0.990. The number of nitrogens with zero attached hydrogens (tertiary/aromatic N) is 1. The first-order chi connectivity index (χ1) is 6.69. The maximum absolute atomic E-state index is 5.69. The lowest BCUT2D eigenvalue weighted by Gasteiger charge is -2.25. The van der Waals surface area contributed by atoms with E-state index >= 15 is 0 Å². The second-order valence-corrected chi connectivity index (χ2v) is 4.36. The predicted octanol–water partition coefficient (Wildman–Crippen LogP) is 2.79. The molecular weight excluding hydrogens is 176 g/mol. The van der Waals surface area contributed by atoms with E-state index in [1.807, 2.05) is 6.92 Å². The normalized spacial score (nSPS) is 20.1. The predicted molar refractivity (Wildman–Crippen MR) is 56.1 cm³/mol. The summed E-state index contributed by atoms with van der Waals surface area (Å²) in [7, 11) is 0. The minimum absolute atomic E-state index is 0.255. The minimum Gasteiger partial charge on any atom is -0.367 e. The van der Waals surface area contributed by atoms with E-state index in [0.29, 0.717) is 5.88 Å². The summed E-state index contributed by atoms with van der Waals surface area (Å²) in [6.45, 7) is 4.24. The van der Waals surface area contributed by atoms with Gasteiger partial charge in [-0.3, -0.25) is 0 Å². The Morgan fingerprint density at radius 3 is 2.50 bits per heavy atom. The first kappa shape index (κ1) is 9.56. The van der Waals surface area contributed by atoms with Crippen molar-refractivity contribution in [2.75, 3.05) is 5.73 Å². The van der Waals surface area contributed by atoms with Crippen LogP contribution >= 0.6 is 0 Å². The molecule has 0 aromatic carbocycles. The molecule has 3 heteroatoms. The molecule has 1 aromatic rings. The minimum atomic E-state index is 0.255. The SMILES string of the molecule is CCC1(c2noc(N)c2C)CCCC1. The van der Waals surface area contributed by atoms with E-state index in [2.05, 4.69) is 12.1 Å². The van der Waals surface area contributed by atoms with Crippen molar-refractivity contribution >= 4 is 5.88 Å². The molecule has 0 amide bonds. The Balaban J connectivity index is 2.40. The smallest absolute Gasteiger partial charge is 0.225 e. The fraction of sp³-hybridized carbons (Fsp3) is 0.727. The molecule has 0 unspecified atom stereocenters. The average Bonchev–Trinajstić information content (AvgIpc) is 2.77. The Morgan fingerprint density at radius 1 is 1.43 bits per heavy atom. The third-order valence-corrected chi connectivity index (χ3v) is 3.70. The molecule has 0 bridgehead atoms.